The van der Waals surface area contributed by atoms with Crippen LogP contribution < -0.4 is 0 Å². The van der Waals surface area contributed by atoms with Crippen molar-refractivity contribution < 1.29 is 31.1 Å². The molecule has 2 aromatic carbocycles. The Morgan fingerprint density at radius 1 is 0.868 bits per heavy atom. The van der Waals surface area contributed by atoms with Crippen LogP contribution in [0.5, 0.6) is 0 Å². The number of nitrogens with zero attached hydrogens (tertiary/aromatic N) is 5. The monoisotopic (exact) mass is 533 g/mol. The lowest BCUT2D eigenvalue weighted by Gasteiger charge is -2.34. The summed E-state index contributed by atoms with van der Waals surface area (Å²) in [6.45, 7) is 2.47. The van der Waals surface area contributed by atoms with Gasteiger partial charge in [-0.3, -0.25) is 9.69 Å². The molecule has 2 aromatic heterocycles. The van der Waals surface area contributed by atoms with Gasteiger partial charge in [-0.2, -0.15) is 27.1 Å². The number of carbonyl (C=O) groups excluding carboxylic acids is 1. The molecule has 38 heavy (non-hydrogen) atoms. The Labute approximate surface area is 213 Å². The van der Waals surface area contributed by atoms with Gasteiger partial charge < -0.3 is 4.90 Å². The lowest BCUT2D eigenvalue weighted by atomic mass is 10.1. The molecule has 1 fully saturated rings. The molecule has 198 valence electrons. The molecule has 12 heteroatoms. The van der Waals surface area contributed by atoms with Crippen LogP contribution in [0, 0.1) is 5.82 Å². The fourth-order valence-corrected chi connectivity index (χ4v) is 4.33. The van der Waals surface area contributed by atoms with Crippen molar-refractivity contribution in [1.82, 2.24) is 24.4 Å². The Bertz CT molecular complexity index is 1450. The topological polar surface area (TPSA) is 53.7 Å². The Kier molecular flexibility index (Phi) is 6.59. The lowest BCUT2D eigenvalue weighted by Crippen LogP contribution is -2.48. The molecule has 3 heterocycles. The van der Waals surface area contributed by atoms with E-state index in [2.05, 4.69) is 15.0 Å². The van der Waals surface area contributed by atoms with Crippen LogP contribution in [0.3, 0.4) is 0 Å². The second kappa shape index (κ2) is 9.75. The highest BCUT2D eigenvalue weighted by atomic mass is 19.4. The predicted octanol–water partition coefficient (Wildman–Crippen LogP) is 5.15. The van der Waals surface area contributed by atoms with Crippen molar-refractivity contribution in [3.8, 4) is 11.3 Å². The van der Waals surface area contributed by atoms with Gasteiger partial charge in [0.15, 0.2) is 11.3 Å². The van der Waals surface area contributed by atoms with Crippen LogP contribution in [0.1, 0.15) is 21.7 Å². The van der Waals surface area contributed by atoms with Gasteiger partial charge in [-0.1, -0.05) is 30.3 Å². The first-order chi connectivity index (χ1) is 18.0. The number of rotatable bonds is 5. The van der Waals surface area contributed by atoms with Crippen molar-refractivity contribution in [1.29, 1.82) is 0 Å². The second-order valence-electron chi connectivity index (χ2n) is 8.96. The fourth-order valence-electron chi connectivity index (χ4n) is 4.33. The minimum absolute atomic E-state index is 0.122. The van der Waals surface area contributed by atoms with Crippen molar-refractivity contribution in [3.05, 3.63) is 89.5 Å². The summed E-state index contributed by atoms with van der Waals surface area (Å²) in [5.41, 5.74) is -1.17. The summed E-state index contributed by atoms with van der Waals surface area (Å²) in [6, 6.07) is 15.9. The highest BCUT2D eigenvalue weighted by Crippen LogP contribution is 2.44. The maximum Gasteiger partial charge on any atom is 0.459 e. The van der Waals surface area contributed by atoms with Gasteiger partial charge in [-0.15, -0.1) is 0 Å². The molecule has 4 aromatic rings. The highest BCUT2D eigenvalue weighted by molar-refractivity contribution is 5.93. The molecule has 0 radical (unpaired) electrons. The summed E-state index contributed by atoms with van der Waals surface area (Å²) in [5, 5.41) is 3.81. The molecule has 0 aliphatic carbocycles. The van der Waals surface area contributed by atoms with E-state index < -0.39 is 29.5 Å². The smallest absolute Gasteiger partial charge is 0.335 e. The molecule has 1 amide bonds. The van der Waals surface area contributed by atoms with Gasteiger partial charge in [0.2, 0.25) is 0 Å². The number of alkyl halides is 5. The van der Waals surface area contributed by atoms with Gasteiger partial charge in [0.25, 0.3) is 5.91 Å². The van der Waals surface area contributed by atoms with Gasteiger partial charge >= 0.3 is 12.1 Å². The lowest BCUT2D eigenvalue weighted by molar-refractivity contribution is -0.291. The van der Waals surface area contributed by atoms with E-state index in [1.54, 1.807) is 0 Å². The Hall–Kier alpha value is -3.93. The van der Waals surface area contributed by atoms with Gasteiger partial charge in [-0.05, 0) is 35.9 Å². The van der Waals surface area contributed by atoms with Crippen LogP contribution in [0.25, 0.3) is 16.9 Å². The third-order valence-corrected chi connectivity index (χ3v) is 6.37. The molecule has 0 spiro atoms. The quantitative estimate of drug-likeness (QED) is 0.333. The van der Waals surface area contributed by atoms with Crippen LogP contribution in [0.4, 0.5) is 26.3 Å². The zero-order valence-electron chi connectivity index (χ0n) is 19.8. The largest absolute Gasteiger partial charge is 0.459 e. The minimum Gasteiger partial charge on any atom is -0.335 e. The van der Waals surface area contributed by atoms with E-state index in [1.807, 2.05) is 30.3 Å². The molecule has 0 saturated carbocycles. The molecule has 1 saturated heterocycles. The molecule has 0 atom stereocenters. The molecule has 6 nitrogen and oxygen atoms in total. The third-order valence-electron chi connectivity index (χ3n) is 6.37. The van der Waals surface area contributed by atoms with Gasteiger partial charge in [-0.25, -0.2) is 13.9 Å². The van der Waals surface area contributed by atoms with Crippen LogP contribution in [-0.2, 0) is 12.5 Å². The van der Waals surface area contributed by atoms with Gasteiger partial charge in [0.1, 0.15) is 11.5 Å². The first kappa shape index (κ1) is 25.7. The molecular weight excluding hydrogens is 512 g/mol. The van der Waals surface area contributed by atoms with Crippen molar-refractivity contribution in [2.45, 2.75) is 18.6 Å². The molecule has 0 bridgehead atoms. The number of aromatic nitrogens is 3. The number of piperazine rings is 1. The van der Waals surface area contributed by atoms with Crippen molar-refractivity contribution in [2.24, 2.45) is 0 Å². The number of hydrogen-bond donors (Lipinski definition) is 0. The van der Waals surface area contributed by atoms with E-state index in [-0.39, 0.29) is 22.6 Å². The number of halogens is 6. The van der Waals surface area contributed by atoms with Crippen molar-refractivity contribution in [3.63, 3.8) is 0 Å². The summed E-state index contributed by atoms with van der Waals surface area (Å²) in [5.74, 6) is -6.51. The molecule has 0 unspecified atom stereocenters. The summed E-state index contributed by atoms with van der Waals surface area (Å²) in [7, 11) is 0. The van der Waals surface area contributed by atoms with Gasteiger partial charge in [0.05, 0.1) is 5.69 Å². The van der Waals surface area contributed by atoms with Crippen molar-refractivity contribution >= 4 is 11.6 Å². The maximum atomic E-state index is 14.6. The SMILES string of the molecule is O=C(c1cc2nc(-c3ccc(F)cc3)cc(C(F)(F)C(F)(F)F)n2n1)N1CCN(Cc2ccccc2)CC1. The van der Waals surface area contributed by atoms with E-state index in [4.69, 9.17) is 0 Å². The number of carbonyl (C=O) groups is 1. The summed E-state index contributed by atoms with van der Waals surface area (Å²) in [6.07, 6.45) is -5.92. The van der Waals surface area contributed by atoms with Gasteiger partial charge in [0, 0.05) is 44.4 Å². The van der Waals surface area contributed by atoms with E-state index in [0.29, 0.717) is 43.3 Å². The zero-order chi connectivity index (χ0) is 27.1. The van der Waals surface area contributed by atoms with Crippen LogP contribution >= 0.6 is 0 Å². The third kappa shape index (κ3) is 4.95. The molecule has 1 aliphatic rings. The Morgan fingerprint density at radius 2 is 1.53 bits per heavy atom. The zero-order valence-corrected chi connectivity index (χ0v) is 19.8. The van der Waals surface area contributed by atoms with E-state index >= 15 is 0 Å². The standard InChI is InChI=1S/C26H21F6N5O/c27-19-8-6-18(7-9-19)20-14-22(25(28,29)26(30,31)32)37-23(33-20)15-21(34-37)24(38)36-12-10-35(11-13-36)16-17-4-2-1-3-5-17/h1-9,14-15H,10-13,16H2. The maximum absolute atomic E-state index is 14.6. The second-order valence-corrected chi connectivity index (χ2v) is 8.96. The average molecular weight is 533 g/mol. The van der Waals surface area contributed by atoms with E-state index in [9.17, 15) is 31.1 Å². The average Bonchev–Trinajstić information content (AvgIpc) is 3.33. The Balaban J connectivity index is 1.44. The summed E-state index contributed by atoms with van der Waals surface area (Å²) in [4.78, 5) is 20.9. The first-order valence-corrected chi connectivity index (χ1v) is 11.7. The number of hydrogen-bond acceptors (Lipinski definition) is 4. The predicted molar refractivity (Wildman–Crippen MR) is 126 cm³/mol. The minimum atomic E-state index is -5.92. The fraction of sp³-hybridized carbons (Fsp3) is 0.269. The van der Waals surface area contributed by atoms with Crippen LogP contribution in [-0.4, -0.2) is 62.7 Å². The first-order valence-electron chi connectivity index (χ1n) is 11.7. The normalized spacial score (nSPS) is 15.3. The van der Waals surface area contributed by atoms with Crippen molar-refractivity contribution in [2.75, 3.05) is 26.2 Å². The van der Waals surface area contributed by atoms with Crippen LogP contribution in [0.2, 0.25) is 0 Å². The van der Waals surface area contributed by atoms with E-state index in [1.165, 1.54) is 17.0 Å². The number of benzene rings is 2. The summed E-state index contributed by atoms with van der Waals surface area (Å²) >= 11 is 0. The number of amides is 1. The van der Waals surface area contributed by atoms with E-state index in [0.717, 1.165) is 23.8 Å². The molecule has 5 rings (SSSR count). The molecular formula is C26H21F6N5O. The number of fused-ring (bicyclic) bond motifs is 1. The Morgan fingerprint density at radius 3 is 2.16 bits per heavy atom. The van der Waals surface area contributed by atoms with Crippen LogP contribution in [0.15, 0.2) is 66.7 Å². The summed E-state index contributed by atoms with van der Waals surface area (Å²) < 4.78 is 82.8. The molecule has 0 N–H and O–H groups in total. The highest BCUT2D eigenvalue weighted by Gasteiger charge is 2.60. The molecule has 1 aliphatic heterocycles.